The first kappa shape index (κ1) is 10.3. The van der Waals surface area contributed by atoms with E-state index >= 15 is 0 Å². The second-order valence-corrected chi connectivity index (χ2v) is 5.31. The van der Waals surface area contributed by atoms with Crippen molar-refractivity contribution in [2.45, 2.75) is 6.92 Å². The molecule has 0 amide bonds. The van der Waals surface area contributed by atoms with Crippen molar-refractivity contribution in [1.82, 2.24) is 0 Å². The Morgan fingerprint density at radius 1 is 1.50 bits per heavy atom. The Morgan fingerprint density at radius 2 is 2.21 bits per heavy atom. The fraction of sp³-hybridized carbons (Fsp3) is 0.200. The number of nitrogens with zero attached hydrogens (tertiary/aromatic N) is 1. The molecule has 1 aliphatic heterocycles. The topological polar surface area (TPSA) is 29.4 Å². The lowest BCUT2D eigenvalue weighted by molar-refractivity contribution is 0.0962. The summed E-state index contributed by atoms with van der Waals surface area (Å²) in [5, 5.41) is 0. The van der Waals surface area contributed by atoms with E-state index in [1.54, 1.807) is 6.21 Å². The molecule has 0 spiro atoms. The average molecular weight is 364 g/mol. The van der Waals surface area contributed by atoms with E-state index in [1.165, 1.54) is 0 Å². The molecule has 0 aliphatic carbocycles. The Morgan fingerprint density at radius 3 is 2.93 bits per heavy atom. The summed E-state index contributed by atoms with van der Waals surface area (Å²) in [5.41, 5.74) is 1.48. The number of hydrogen-bond donors (Lipinski definition) is 0. The number of Topliss-reactive ketones (excluding diaryl/α,β-unsaturated/α-hetero) is 1. The number of benzene rings is 1. The Kier molecular flexibility index (Phi) is 2.74. The van der Waals surface area contributed by atoms with Gasteiger partial charge in [0.05, 0.1) is 11.6 Å². The third-order valence-corrected chi connectivity index (χ3v) is 3.36. The maximum Gasteiger partial charge on any atom is 0.173 e. The minimum absolute atomic E-state index is 0.104. The number of halogens is 2. The number of fused-ring (bicyclic) bond motifs is 1. The number of carbonyl (C=O) groups excluding carboxylic acids is 1. The van der Waals surface area contributed by atoms with Crippen LogP contribution in [0, 0.1) is 9.49 Å². The molecule has 1 heterocycles. The minimum Gasteiger partial charge on any atom is -0.293 e. The van der Waals surface area contributed by atoms with Gasteiger partial charge in [-0.2, -0.15) is 0 Å². The second kappa shape index (κ2) is 3.73. The molecular formula is C10H7BrINO. The van der Waals surface area contributed by atoms with Crippen LogP contribution in [0.3, 0.4) is 0 Å². The summed E-state index contributed by atoms with van der Waals surface area (Å²) < 4.78 is 1.93. The molecule has 1 atom stereocenters. The van der Waals surface area contributed by atoms with E-state index in [2.05, 4.69) is 43.5 Å². The third-order valence-electron chi connectivity index (χ3n) is 2.13. The number of hydrogen-bond acceptors (Lipinski definition) is 2. The van der Waals surface area contributed by atoms with Gasteiger partial charge in [-0.15, -0.1) is 0 Å². The standard InChI is InChI=1S/C10H7BrINO/c1-5-4-13-9-7(10(5)14)2-6(12)3-8(9)11/h2-5H,1H3. The summed E-state index contributed by atoms with van der Waals surface area (Å²) in [4.78, 5) is 16.1. The van der Waals surface area contributed by atoms with Crippen LogP contribution >= 0.6 is 38.5 Å². The van der Waals surface area contributed by atoms with Crippen molar-refractivity contribution in [3.63, 3.8) is 0 Å². The Hall–Kier alpha value is -0.230. The molecule has 0 saturated carbocycles. The van der Waals surface area contributed by atoms with E-state index in [0.29, 0.717) is 0 Å². The molecule has 4 heteroatoms. The van der Waals surface area contributed by atoms with Crippen LogP contribution in [0.2, 0.25) is 0 Å². The predicted octanol–water partition coefficient (Wildman–Crippen LogP) is 3.59. The number of ketones is 1. The first-order chi connectivity index (χ1) is 6.59. The van der Waals surface area contributed by atoms with E-state index in [9.17, 15) is 4.79 Å². The first-order valence-electron chi connectivity index (χ1n) is 4.17. The van der Waals surface area contributed by atoms with Crippen molar-refractivity contribution >= 4 is 56.2 Å². The lowest BCUT2D eigenvalue weighted by Gasteiger charge is -2.15. The van der Waals surface area contributed by atoms with E-state index in [1.807, 2.05) is 19.1 Å². The van der Waals surface area contributed by atoms with Gasteiger partial charge in [0.2, 0.25) is 0 Å². The van der Waals surface area contributed by atoms with Crippen molar-refractivity contribution in [1.29, 1.82) is 0 Å². The van der Waals surface area contributed by atoms with E-state index < -0.39 is 0 Å². The molecule has 72 valence electrons. The highest BCUT2D eigenvalue weighted by atomic mass is 127. The molecule has 0 radical (unpaired) electrons. The Balaban J connectivity index is 2.68. The molecule has 1 aromatic rings. The van der Waals surface area contributed by atoms with Gasteiger partial charge in [0.1, 0.15) is 0 Å². The molecule has 1 aliphatic rings. The molecule has 1 aromatic carbocycles. The Bertz CT molecular complexity index is 442. The largest absolute Gasteiger partial charge is 0.293 e. The lowest BCUT2D eigenvalue weighted by atomic mass is 9.96. The van der Waals surface area contributed by atoms with Crippen molar-refractivity contribution in [3.8, 4) is 0 Å². The maximum atomic E-state index is 11.8. The zero-order valence-corrected chi connectivity index (χ0v) is 11.2. The zero-order valence-electron chi connectivity index (χ0n) is 7.42. The molecule has 0 saturated heterocycles. The summed E-state index contributed by atoms with van der Waals surface area (Å²) >= 11 is 5.60. The smallest absolute Gasteiger partial charge is 0.173 e. The molecule has 2 nitrogen and oxygen atoms in total. The van der Waals surface area contributed by atoms with Crippen molar-refractivity contribution in [2.24, 2.45) is 10.9 Å². The minimum atomic E-state index is -0.104. The first-order valence-corrected chi connectivity index (χ1v) is 6.04. The van der Waals surface area contributed by atoms with Crippen molar-refractivity contribution in [3.05, 3.63) is 25.7 Å². The fourth-order valence-electron chi connectivity index (χ4n) is 1.38. The quantitative estimate of drug-likeness (QED) is 0.648. The molecule has 2 rings (SSSR count). The van der Waals surface area contributed by atoms with Gasteiger partial charge in [-0.25, -0.2) is 0 Å². The van der Waals surface area contributed by atoms with Crippen LogP contribution in [0.15, 0.2) is 21.6 Å². The summed E-state index contributed by atoms with van der Waals surface area (Å²) in [7, 11) is 0. The van der Waals surface area contributed by atoms with Crippen LogP contribution in [-0.2, 0) is 0 Å². The van der Waals surface area contributed by atoms with Crippen LogP contribution in [0.25, 0.3) is 0 Å². The van der Waals surface area contributed by atoms with Gasteiger partial charge in [0.25, 0.3) is 0 Å². The number of rotatable bonds is 0. The molecule has 1 unspecified atom stereocenters. The van der Waals surface area contributed by atoms with Gasteiger partial charge in [0, 0.05) is 19.8 Å². The second-order valence-electron chi connectivity index (χ2n) is 3.21. The summed E-state index contributed by atoms with van der Waals surface area (Å²) in [6, 6.07) is 3.84. The van der Waals surface area contributed by atoms with Gasteiger partial charge in [-0.05, 0) is 50.7 Å². The van der Waals surface area contributed by atoms with E-state index in [-0.39, 0.29) is 11.7 Å². The highest BCUT2D eigenvalue weighted by Crippen LogP contribution is 2.35. The summed E-state index contributed by atoms with van der Waals surface area (Å²) in [6.45, 7) is 1.86. The number of carbonyl (C=O) groups is 1. The van der Waals surface area contributed by atoms with Crippen LogP contribution in [0.5, 0.6) is 0 Å². The molecular weight excluding hydrogens is 357 g/mol. The Labute approximate surface area is 104 Å². The van der Waals surface area contributed by atoms with Crippen LogP contribution in [0.4, 0.5) is 5.69 Å². The monoisotopic (exact) mass is 363 g/mol. The lowest BCUT2D eigenvalue weighted by Crippen LogP contribution is -2.16. The van der Waals surface area contributed by atoms with Gasteiger partial charge in [-0.1, -0.05) is 6.92 Å². The normalized spacial score (nSPS) is 19.6. The van der Waals surface area contributed by atoms with E-state index in [0.717, 1.165) is 19.3 Å². The van der Waals surface area contributed by atoms with Crippen LogP contribution < -0.4 is 0 Å². The highest BCUT2D eigenvalue weighted by Gasteiger charge is 2.22. The molecule has 0 aromatic heterocycles. The van der Waals surface area contributed by atoms with E-state index in [4.69, 9.17) is 0 Å². The maximum absolute atomic E-state index is 11.8. The highest BCUT2D eigenvalue weighted by molar-refractivity contribution is 14.1. The molecule has 0 bridgehead atoms. The molecule has 0 N–H and O–H groups in total. The average Bonchev–Trinajstić information content (AvgIpc) is 2.12. The summed E-state index contributed by atoms with van der Waals surface area (Å²) in [5.74, 6) is 0.0433. The van der Waals surface area contributed by atoms with Gasteiger partial charge in [0.15, 0.2) is 5.78 Å². The molecule has 0 fully saturated rings. The zero-order chi connectivity index (χ0) is 10.3. The third kappa shape index (κ3) is 1.65. The van der Waals surface area contributed by atoms with Gasteiger partial charge < -0.3 is 0 Å². The van der Waals surface area contributed by atoms with Gasteiger partial charge in [-0.3, -0.25) is 9.79 Å². The SMILES string of the molecule is CC1C=Nc2c(Br)cc(I)cc2C1=O. The fourth-order valence-corrected chi connectivity index (χ4v) is 3.00. The predicted molar refractivity (Wildman–Crippen MR) is 68.5 cm³/mol. The number of aliphatic imine (C=N–C) groups is 1. The molecule has 14 heavy (non-hydrogen) atoms. The van der Waals surface area contributed by atoms with Crippen molar-refractivity contribution < 1.29 is 4.79 Å². The summed E-state index contributed by atoms with van der Waals surface area (Å²) in [6.07, 6.45) is 1.70. The van der Waals surface area contributed by atoms with Crippen LogP contribution in [-0.4, -0.2) is 12.0 Å². The van der Waals surface area contributed by atoms with Crippen molar-refractivity contribution in [2.75, 3.05) is 0 Å². The van der Waals surface area contributed by atoms with Gasteiger partial charge >= 0.3 is 0 Å². The van der Waals surface area contributed by atoms with Crippen LogP contribution in [0.1, 0.15) is 17.3 Å².